The van der Waals surface area contributed by atoms with Crippen molar-refractivity contribution < 1.29 is 0 Å². The molecule has 0 radical (unpaired) electrons. The van der Waals surface area contributed by atoms with Crippen LogP contribution in [-0.4, -0.2) is 50.7 Å². The molecule has 0 aliphatic carbocycles. The topological polar surface area (TPSA) is 37.2 Å². The molecule has 0 spiro atoms. The van der Waals surface area contributed by atoms with E-state index in [2.05, 4.69) is 53.0 Å². The first-order valence-electron chi connectivity index (χ1n) is 8.77. The smallest absolute Gasteiger partial charge is 0.107 e. The summed E-state index contributed by atoms with van der Waals surface area (Å²) in [6.45, 7) is 13.3. The summed E-state index contributed by atoms with van der Waals surface area (Å²) in [6, 6.07) is 0. The maximum absolute atomic E-state index is 4.65. The standard InChI is InChI=1S/C18H29N5S/c1-18(2,3)16-11-19-17(24-16)14-23-7-5-6-22(8-9-23)13-15-10-20-21(4)12-15/h10-12H,5-9,13-14H2,1-4H3. The van der Waals surface area contributed by atoms with E-state index in [0.717, 1.165) is 39.3 Å². The van der Waals surface area contributed by atoms with Crippen LogP contribution in [0.1, 0.15) is 42.6 Å². The fourth-order valence-corrected chi connectivity index (χ4v) is 4.09. The first-order chi connectivity index (χ1) is 11.4. The van der Waals surface area contributed by atoms with Crippen LogP contribution in [-0.2, 0) is 25.6 Å². The first-order valence-corrected chi connectivity index (χ1v) is 9.59. The van der Waals surface area contributed by atoms with Crippen molar-refractivity contribution in [2.45, 2.75) is 45.7 Å². The van der Waals surface area contributed by atoms with Crippen LogP contribution in [0.2, 0.25) is 0 Å². The number of rotatable bonds is 4. The van der Waals surface area contributed by atoms with Crippen LogP contribution in [0.25, 0.3) is 0 Å². The normalized spacial score (nSPS) is 18.0. The summed E-state index contributed by atoms with van der Waals surface area (Å²) < 4.78 is 1.88. The van der Waals surface area contributed by atoms with Gasteiger partial charge in [-0.3, -0.25) is 14.5 Å². The Morgan fingerprint density at radius 1 is 1.04 bits per heavy atom. The molecule has 1 aliphatic heterocycles. The Kier molecular flexibility index (Phi) is 5.37. The van der Waals surface area contributed by atoms with Gasteiger partial charge in [-0.15, -0.1) is 11.3 Å². The monoisotopic (exact) mass is 347 g/mol. The third kappa shape index (κ3) is 4.65. The summed E-state index contributed by atoms with van der Waals surface area (Å²) in [5, 5.41) is 5.52. The number of hydrogen-bond acceptors (Lipinski definition) is 5. The molecule has 5 nitrogen and oxygen atoms in total. The molecule has 24 heavy (non-hydrogen) atoms. The van der Waals surface area contributed by atoms with E-state index in [4.69, 9.17) is 0 Å². The van der Waals surface area contributed by atoms with Crippen molar-refractivity contribution in [2.75, 3.05) is 26.2 Å². The molecular weight excluding hydrogens is 318 g/mol. The summed E-state index contributed by atoms with van der Waals surface area (Å²) in [7, 11) is 1.98. The molecule has 0 N–H and O–H groups in total. The summed E-state index contributed by atoms with van der Waals surface area (Å²) in [4.78, 5) is 11.1. The lowest BCUT2D eigenvalue weighted by Crippen LogP contribution is -2.30. The van der Waals surface area contributed by atoms with E-state index >= 15 is 0 Å². The lowest BCUT2D eigenvalue weighted by Gasteiger charge is -2.20. The molecule has 3 rings (SSSR count). The molecule has 1 saturated heterocycles. The Morgan fingerprint density at radius 3 is 2.33 bits per heavy atom. The average molecular weight is 348 g/mol. The van der Waals surface area contributed by atoms with Gasteiger partial charge in [0, 0.05) is 49.5 Å². The van der Waals surface area contributed by atoms with Crippen molar-refractivity contribution in [1.82, 2.24) is 24.6 Å². The van der Waals surface area contributed by atoms with Gasteiger partial charge in [0.05, 0.1) is 12.7 Å². The average Bonchev–Trinajstić information content (AvgIpc) is 3.07. The summed E-state index contributed by atoms with van der Waals surface area (Å²) in [5.74, 6) is 0. The largest absolute Gasteiger partial charge is 0.298 e. The van der Waals surface area contributed by atoms with Crippen LogP contribution in [0.3, 0.4) is 0 Å². The minimum atomic E-state index is 0.204. The minimum Gasteiger partial charge on any atom is -0.298 e. The highest BCUT2D eigenvalue weighted by atomic mass is 32.1. The van der Waals surface area contributed by atoms with Gasteiger partial charge in [0.15, 0.2) is 0 Å². The van der Waals surface area contributed by atoms with Crippen LogP contribution in [0, 0.1) is 0 Å². The molecular formula is C18H29N5S. The molecule has 0 unspecified atom stereocenters. The molecule has 0 bridgehead atoms. The Labute approximate surface area is 149 Å². The summed E-state index contributed by atoms with van der Waals surface area (Å²) in [6.07, 6.45) is 7.38. The molecule has 0 aromatic carbocycles. The van der Waals surface area contributed by atoms with Gasteiger partial charge >= 0.3 is 0 Å². The summed E-state index contributed by atoms with van der Waals surface area (Å²) >= 11 is 1.87. The Hall–Kier alpha value is -1.24. The maximum atomic E-state index is 4.65. The molecule has 2 aromatic heterocycles. The van der Waals surface area contributed by atoms with Gasteiger partial charge in [-0.25, -0.2) is 4.98 Å². The van der Waals surface area contributed by atoms with Gasteiger partial charge in [-0.1, -0.05) is 20.8 Å². The molecule has 132 valence electrons. The van der Waals surface area contributed by atoms with E-state index in [1.807, 2.05) is 29.3 Å². The van der Waals surface area contributed by atoms with Gasteiger partial charge in [0.1, 0.15) is 5.01 Å². The third-order valence-corrected chi connectivity index (χ3v) is 5.91. The van der Waals surface area contributed by atoms with Gasteiger partial charge < -0.3 is 0 Å². The summed E-state index contributed by atoms with van der Waals surface area (Å²) in [5.41, 5.74) is 1.51. The quantitative estimate of drug-likeness (QED) is 0.852. The molecule has 0 amide bonds. The molecule has 1 aliphatic rings. The van der Waals surface area contributed by atoms with Crippen LogP contribution < -0.4 is 0 Å². The molecule has 6 heteroatoms. The number of hydrogen-bond donors (Lipinski definition) is 0. The zero-order valence-electron chi connectivity index (χ0n) is 15.3. The lowest BCUT2D eigenvalue weighted by molar-refractivity contribution is 0.247. The Bertz CT molecular complexity index is 654. The highest BCUT2D eigenvalue weighted by molar-refractivity contribution is 7.11. The predicted molar refractivity (Wildman–Crippen MR) is 99.2 cm³/mol. The van der Waals surface area contributed by atoms with Crippen molar-refractivity contribution in [3.05, 3.63) is 34.0 Å². The zero-order chi connectivity index (χ0) is 17.2. The van der Waals surface area contributed by atoms with Crippen molar-refractivity contribution in [3.8, 4) is 0 Å². The number of nitrogens with zero attached hydrogens (tertiary/aromatic N) is 5. The Morgan fingerprint density at radius 2 is 1.75 bits per heavy atom. The van der Waals surface area contributed by atoms with E-state index in [9.17, 15) is 0 Å². The molecule has 0 saturated carbocycles. The minimum absolute atomic E-state index is 0.204. The van der Waals surface area contributed by atoms with E-state index in [1.54, 1.807) is 0 Å². The zero-order valence-corrected chi connectivity index (χ0v) is 16.1. The lowest BCUT2D eigenvalue weighted by atomic mass is 9.96. The van der Waals surface area contributed by atoms with E-state index in [1.165, 1.54) is 21.9 Å². The predicted octanol–water partition coefficient (Wildman–Crippen LogP) is 2.88. The fraction of sp³-hybridized carbons (Fsp3) is 0.667. The van der Waals surface area contributed by atoms with Crippen molar-refractivity contribution in [2.24, 2.45) is 7.05 Å². The maximum Gasteiger partial charge on any atom is 0.107 e. The van der Waals surface area contributed by atoms with Crippen LogP contribution in [0.15, 0.2) is 18.6 Å². The second-order valence-corrected chi connectivity index (χ2v) is 8.91. The van der Waals surface area contributed by atoms with Gasteiger partial charge in [0.2, 0.25) is 0 Å². The number of aromatic nitrogens is 3. The Balaban J connectivity index is 1.53. The first kappa shape index (κ1) is 17.6. The van der Waals surface area contributed by atoms with Crippen LogP contribution >= 0.6 is 11.3 Å². The molecule has 2 aromatic rings. The van der Waals surface area contributed by atoms with E-state index in [0.29, 0.717) is 0 Å². The molecule has 1 fully saturated rings. The van der Waals surface area contributed by atoms with Gasteiger partial charge in [0.25, 0.3) is 0 Å². The van der Waals surface area contributed by atoms with E-state index < -0.39 is 0 Å². The highest BCUT2D eigenvalue weighted by Gasteiger charge is 2.20. The fourth-order valence-electron chi connectivity index (χ4n) is 3.07. The highest BCUT2D eigenvalue weighted by Crippen LogP contribution is 2.28. The second-order valence-electron chi connectivity index (χ2n) is 7.80. The molecule has 3 heterocycles. The number of thiazole rings is 1. The van der Waals surface area contributed by atoms with Crippen LogP contribution in [0.5, 0.6) is 0 Å². The number of aryl methyl sites for hydroxylation is 1. The van der Waals surface area contributed by atoms with E-state index in [-0.39, 0.29) is 5.41 Å². The van der Waals surface area contributed by atoms with Crippen molar-refractivity contribution in [3.63, 3.8) is 0 Å². The van der Waals surface area contributed by atoms with Crippen molar-refractivity contribution in [1.29, 1.82) is 0 Å². The molecule has 0 atom stereocenters. The SMILES string of the molecule is Cn1cc(CN2CCCN(Cc3ncc(C(C)(C)C)s3)CC2)cn1. The van der Waals surface area contributed by atoms with Gasteiger partial charge in [-0.05, 0) is 24.9 Å². The van der Waals surface area contributed by atoms with Gasteiger partial charge in [-0.2, -0.15) is 5.10 Å². The third-order valence-electron chi connectivity index (χ3n) is 4.50. The van der Waals surface area contributed by atoms with Crippen LogP contribution in [0.4, 0.5) is 0 Å². The van der Waals surface area contributed by atoms with Crippen molar-refractivity contribution >= 4 is 11.3 Å². The second kappa shape index (κ2) is 7.33.